The third kappa shape index (κ3) is 5.75. The normalized spacial score (nSPS) is 13.2. The number of nitrogens with two attached hydrogens (primary N) is 1. The van der Waals surface area contributed by atoms with Crippen LogP contribution in [-0.2, 0) is 20.7 Å². The van der Waals surface area contributed by atoms with Crippen LogP contribution in [0.4, 0.5) is 0 Å². The molecule has 0 aliphatic carbocycles. The Balaban J connectivity index is 2.02. The maximum Gasteiger partial charge on any atom is 0.310 e. The maximum absolute atomic E-state index is 12.1. The summed E-state index contributed by atoms with van der Waals surface area (Å²) in [5, 5.41) is 5.06. The van der Waals surface area contributed by atoms with Crippen molar-refractivity contribution in [3.63, 3.8) is 0 Å². The van der Waals surface area contributed by atoms with Gasteiger partial charge in [-0.05, 0) is 41.2 Å². The lowest BCUT2D eigenvalue weighted by molar-refractivity contribution is -0.145. The fraction of sp³-hybridized carbons (Fsp3) is 0.400. The van der Waals surface area contributed by atoms with Crippen LogP contribution in [0.5, 0.6) is 0 Å². The molecule has 5 nitrogen and oxygen atoms in total. The summed E-state index contributed by atoms with van der Waals surface area (Å²) in [5.74, 6) is -0.188. The first-order valence-electron chi connectivity index (χ1n) is 8.63. The fourth-order valence-electron chi connectivity index (χ4n) is 2.79. The Kier molecular flexibility index (Phi) is 7.94. The number of thioether (sulfide) groups is 1. The minimum Gasteiger partial charge on any atom is -0.469 e. The molecule has 2 aromatic rings. The van der Waals surface area contributed by atoms with Gasteiger partial charge in [-0.15, -0.1) is 0 Å². The topological polar surface area (TPSA) is 81.4 Å². The number of ether oxygens (including phenoxy) is 1. The van der Waals surface area contributed by atoms with Crippen molar-refractivity contribution in [2.24, 2.45) is 11.7 Å². The third-order valence-electron chi connectivity index (χ3n) is 4.32. The molecular weight excluding hydrogens is 348 g/mol. The Hall–Kier alpha value is -2.05. The predicted octanol–water partition coefficient (Wildman–Crippen LogP) is 2.37. The summed E-state index contributed by atoms with van der Waals surface area (Å²) in [7, 11) is 1.36. The van der Waals surface area contributed by atoms with Crippen LogP contribution in [0.1, 0.15) is 12.0 Å². The van der Waals surface area contributed by atoms with E-state index < -0.39 is 12.0 Å². The van der Waals surface area contributed by atoms with Gasteiger partial charge in [0, 0.05) is 6.54 Å². The minimum atomic E-state index is -0.554. The molecule has 0 aliphatic heterocycles. The summed E-state index contributed by atoms with van der Waals surface area (Å²) in [6, 6.07) is 13.6. The van der Waals surface area contributed by atoms with Gasteiger partial charge in [-0.1, -0.05) is 42.5 Å². The number of carbonyl (C=O) groups is 2. The highest BCUT2D eigenvalue weighted by Gasteiger charge is 2.22. The first-order valence-corrected chi connectivity index (χ1v) is 10.0. The van der Waals surface area contributed by atoms with Crippen molar-refractivity contribution in [1.29, 1.82) is 0 Å². The summed E-state index contributed by atoms with van der Waals surface area (Å²) < 4.78 is 4.90. The number of nitrogens with one attached hydrogen (secondary N) is 1. The summed E-state index contributed by atoms with van der Waals surface area (Å²) >= 11 is 1.65. The Labute approximate surface area is 158 Å². The molecule has 0 aliphatic rings. The van der Waals surface area contributed by atoms with Crippen molar-refractivity contribution in [2.45, 2.75) is 18.9 Å². The molecule has 2 rings (SSSR count). The van der Waals surface area contributed by atoms with Crippen LogP contribution in [0, 0.1) is 5.92 Å². The number of fused-ring (bicyclic) bond motifs is 1. The lowest BCUT2D eigenvalue weighted by Gasteiger charge is -2.18. The van der Waals surface area contributed by atoms with Crippen molar-refractivity contribution in [1.82, 2.24) is 5.32 Å². The Bertz CT molecular complexity index is 751. The van der Waals surface area contributed by atoms with Gasteiger partial charge < -0.3 is 15.8 Å². The van der Waals surface area contributed by atoms with Crippen LogP contribution in [0.2, 0.25) is 0 Å². The highest BCUT2D eigenvalue weighted by Crippen LogP contribution is 2.18. The number of benzene rings is 2. The average Bonchev–Trinajstić information content (AvgIpc) is 2.68. The molecule has 0 fully saturated rings. The highest BCUT2D eigenvalue weighted by atomic mass is 32.2. The van der Waals surface area contributed by atoms with Crippen molar-refractivity contribution in [3.05, 3.63) is 48.0 Å². The molecule has 26 heavy (non-hydrogen) atoms. The van der Waals surface area contributed by atoms with Crippen LogP contribution in [0.15, 0.2) is 42.5 Å². The summed E-state index contributed by atoms with van der Waals surface area (Å²) in [5.41, 5.74) is 6.90. The molecule has 140 valence electrons. The monoisotopic (exact) mass is 374 g/mol. The number of rotatable bonds is 9. The number of methoxy groups -OCH3 is 1. The van der Waals surface area contributed by atoms with E-state index in [-0.39, 0.29) is 18.4 Å². The average molecular weight is 375 g/mol. The van der Waals surface area contributed by atoms with Crippen molar-refractivity contribution >= 4 is 34.4 Å². The summed E-state index contributed by atoms with van der Waals surface area (Å²) in [6.07, 6.45) is 3.08. The highest BCUT2D eigenvalue weighted by molar-refractivity contribution is 7.98. The Morgan fingerprint density at radius 2 is 1.92 bits per heavy atom. The zero-order valence-corrected chi connectivity index (χ0v) is 16.1. The summed E-state index contributed by atoms with van der Waals surface area (Å²) in [4.78, 5) is 24.2. The van der Waals surface area contributed by atoms with E-state index >= 15 is 0 Å². The van der Waals surface area contributed by atoms with Gasteiger partial charge in [0.2, 0.25) is 5.91 Å². The molecule has 3 N–H and O–H groups in total. The van der Waals surface area contributed by atoms with Crippen molar-refractivity contribution in [3.8, 4) is 0 Å². The second-order valence-electron chi connectivity index (χ2n) is 6.24. The first kappa shape index (κ1) is 20.3. The summed E-state index contributed by atoms with van der Waals surface area (Å²) in [6.45, 7) is 0.214. The van der Waals surface area contributed by atoms with Gasteiger partial charge in [0.05, 0.1) is 19.1 Å². The molecule has 6 heteroatoms. The zero-order chi connectivity index (χ0) is 18.9. The first-order chi connectivity index (χ1) is 12.5. The van der Waals surface area contributed by atoms with Gasteiger partial charge in [0.25, 0.3) is 0 Å². The van der Waals surface area contributed by atoms with Crippen molar-refractivity contribution < 1.29 is 14.3 Å². The molecule has 0 heterocycles. The van der Waals surface area contributed by atoms with E-state index in [9.17, 15) is 9.59 Å². The van der Waals surface area contributed by atoms with E-state index in [0.717, 1.165) is 22.1 Å². The van der Waals surface area contributed by atoms with Gasteiger partial charge in [-0.25, -0.2) is 0 Å². The quantitative estimate of drug-likeness (QED) is 0.659. The van der Waals surface area contributed by atoms with Crippen LogP contribution < -0.4 is 11.1 Å². The predicted molar refractivity (Wildman–Crippen MR) is 107 cm³/mol. The molecular formula is C20H26N2O3S. The van der Waals surface area contributed by atoms with E-state index in [1.807, 2.05) is 42.7 Å². The molecule has 0 bridgehead atoms. The van der Waals surface area contributed by atoms with E-state index in [1.165, 1.54) is 7.11 Å². The van der Waals surface area contributed by atoms with Gasteiger partial charge in [-0.3, -0.25) is 9.59 Å². The largest absolute Gasteiger partial charge is 0.469 e. The van der Waals surface area contributed by atoms with Crippen LogP contribution in [-0.4, -0.2) is 43.6 Å². The van der Waals surface area contributed by atoms with Gasteiger partial charge in [0.15, 0.2) is 0 Å². The third-order valence-corrected chi connectivity index (χ3v) is 4.97. The zero-order valence-electron chi connectivity index (χ0n) is 15.2. The minimum absolute atomic E-state index is 0.214. The fourth-order valence-corrected chi connectivity index (χ4v) is 3.28. The lowest BCUT2D eigenvalue weighted by atomic mass is 9.97. The van der Waals surface area contributed by atoms with E-state index in [2.05, 4.69) is 11.4 Å². The van der Waals surface area contributed by atoms with E-state index in [4.69, 9.17) is 10.5 Å². The molecule has 2 aromatic carbocycles. The van der Waals surface area contributed by atoms with Gasteiger partial charge in [-0.2, -0.15) is 11.8 Å². The lowest BCUT2D eigenvalue weighted by Crippen LogP contribution is -2.44. The van der Waals surface area contributed by atoms with Crippen LogP contribution >= 0.6 is 11.8 Å². The second kappa shape index (κ2) is 10.2. The number of amides is 1. The number of hydrogen-bond acceptors (Lipinski definition) is 5. The van der Waals surface area contributed by atoms with Crippen LogP contribution in [0.25, 0.3) is 10.8 Å². The molecule has 0 radical (unpaired) electrons. The number of esters is 1. The SMILES string of the molecule is COC(=O)C(CNC(=O)[C@@H](N)CCSC)Cc1ccc2ccccc2c1. The molecule has 2 atom stereocenters. The molecule has 0 saturated heterocycles. The van der Waals surface area contributed by atoms with Crippen LogP contribution in [0.3, 0.4) is 0 Å². The molecule has 0 aromatic heterocycles. The molecule has 1 amide bonds. The number of carbonyl (C=O) groups excluding carboxylic acids is 2. The molecule has 0 saturated carbocycles. The molecule has 0 spiro atoms. The van der Waals surface area contributed by atoms with Gasteiger partial charge in [0.1, 0.15) is 0 Å². The van der Waals surface area contributed by atoms with E-state index in [1.54, 1.807) is 11.8 Å². The van der Waals surface area contributed by atoms with Crippen molar-refractivity contribution in [2.75, 3.05) is 25.7 Å². The second-order valence-corrected chi connectivity index (χ2v) is 7.22. The smallest absolute Gasteiger partial charge is 0.310 e. The van der Waals surface area contributed by atoms with E-state index in [0.29, 0.717) is 12.8 Å². The number of hydrogen-bond donors (Lipinski definition) is 2. The Morgan fingerprint density at radius 3 is 2.62 bits per heavy atom. The Morgan fingerprint density at radius 1 is 1.19 bits per heavy atom. The van der Waals surface area contributed by atoms with Gasteiger partial charge >= 0.3 is 5.97 Å². The molecule has 1 unspecified atom stereocenters. The standard InChI is InChI=1S/C20H26N2O3S/c1-25-20(24)17(13-22-19(23)18(21)9-10-26-2)12-14-7-8-15-5-3-4-6-16(15)11-14/h3-8,11,17-18H,9-10,12-13,21H2,1-2H3,(H,22,23)/t17?,18-/m0/s1. The maximum atomic E-state index is 12.1.